The number of hydrogen-bond acceptors (Lipinski definition) is 3. The first kappa shape index (κ1) is 24.7. The van der Waals surface area contributed by atoms with E-state index in [0.717, 1.165) is 51.0 Å². The number of ether oxygens (including phenoxy) is 1. The first-order chi connectivity index (χ1) is 14.0. The molecule has 0 radical (unpaired) electrons. The molecule has 3 rings (SSSR count). The van der Waals surface area contributed by atoms with Crippen molar-refractivity contribution < 1.29 is 13.9 Å². The molecule has 3 atom stereocenters. The number of nitrogens with zero attached hydrogens (tertiary/aromatic N) is 1. The highest BCUT2D eigenvalue weighted by Gasteiger charge is 2.31. The van der Waals surface area contributed by atoms with Gasteiger partial charge in [-0.25, -0.2) is 9.38 Å². The molecule has 8 heteroatoms. The Morgan fingerprint density at radius 2 is 2.03 bits per heavy atom. The fourth-order valence-electron chi connectivity index (χ4n) is 3.65. The normalized spacial score (nSPS) is 22.4. The number of aliphatic imine (C=N–C) groups is 1. The first-order valence-corrected chi connectivity index (χ1v) is 10.8. The smallest absolute Gasteiger partial charge is 0.223 e. The second kappa shape index (κ2) is 12.3. The van der Waals surface area contributed by atoms with Gasteiger partial charge in [0, 0.05) is 30.6 Å². The van der Waals surface area contributed by atoms with Crippen LogP contribution in [-0.4, -0.2) is 43.1 Å². The van der Waals surface area contributed by atoms with Crippen LogP contribution in [0.4, 0.5) is 4.39 Å². The van der Waals surface area contributed by atoms with Gasteiger partial charge in [-0.3, -0.25) is 4.79 Å². The maximum absolute atomic E-state index is 13.3. The van der Waals surface area contributed by atoms with Crippen LogP contribution in [0.3, 0.4) is 0 Å². The van der Waals surface area contributed by atoms with Crippen LogP contribution in [0.25, 0.3) is 0 Å². The minimum atomic E-state index is -0.314. The summed E-state index contributed by atoms with van der Waals surface area (Å²) < 4.78 is 19.0. The molecule has 1 amide bonds. The van der Waals surface area contributed by atoms with Gasteiger partial charge in [-0.1, -0.05) is 12.5 Å². The van der Waals surface area contributed by atoms with Gasteiger partial charge in [0.1, 0.15) is 17.7 Å². The number of nitrogens with one attached hydrogen (secondary N) is 3. The van der Waals surface area contributed by atoms with Crippen molar-refractivity contribution in [1.29, 1.82) is 0 Å². The standard InChI is InChI=1S/C22H33FN4O2.HI/c1-3-24-22(25-14-15(2)29-20-9-5-7-17(23)13-20)27-19-8-4-6-16(12-19)21(28)26-18-10-11-18;/h5,7,9,13,15-16,18-19H,3-4,6,8,10-12,14H2,1-2H3,(H,26,28)(H2,24,25,27);1H. The minimum absolute atomic E-state index is 0. The zero-order valence-electron chi connectivity index (χ0n) is 17.8. The Kier molecular flexibility index (Phi) is 10.1. The van der Waals surface area contributed by atoms with Crippen LogP contribution in [0.2, 0.25) is 0 Å². The van der Waals surface area contributed by atoms with E-state index in [-0.39, 0.29) is 53.8 Å². The van der Waals surface area contributed by atoms with Gasteiger partial charge in [0.15, 0.2) is 5.96 Å². The van der Waals surface area contributed by atoms with Gasteiger partial charge in [0.25, 0.3) is 0 Å². The van der Waals surface area contributed by atoms with Crippen LogP contribution in [0.1, 0.15) is 52.4 Å². The average molecular weight is 532 g/mol. The van der Waals surface area contributed by atoms with Gasteiger partial charge < -0.3 is 20.7 Å². The van der Waals surface area contributed by atoms with Gasteiger partial charge in [0.2, 0.25) is 5.91 Å². The molecule has 6 nitrogen and oxygen atoms in total. The lowest BCUT2D eigenvalue weighted by Crippen LogP contribution is -2.47. The van der Waals surface area contributed by atoms with Crippen LogP contribution < -0.4 is 20.7 Å². The first-order valence-electron chi connectivity index (χ1n) is 10.8. The number of rotatable bonds is 8. The van der Waals surface area contributed by atoms with E-state index in [0.29, 0.717) is 18.3 Å². The number of halogens is 2. The van der Waals surface area contributed by atoms with Crippen molar-refractivity contribution in [3.63, 3.8) is 0 Å². The molecule has 2 saturated carbocycles. The van der Waals surface area contributed by atoms with Gasteiger partial charge in [-0.2, -0.15) is 0 Å². The van der Waals surface area contributed by atoms with E-state index in [1.165, 1.54) is 12.1 Å². The molecule has 168 valence electrons. The van der Waals surface area contributed by atoms with Gasteiger partial charge in [-0.15, -0.1) is 24.0 Å². The third kappa shape index (κ3) is 8.28. The van der Waals surface area contributed by atoms with Crippen LogP contribution in [0.5, 0.6) is 5.75 Å². The molecular weight excluding hydrogens is 498 g/mol. The summed E-state index contributed by atoms with van der Waals surface area (Å²) in [5.41, 5.74) is 0. The summed E-state index contributed by atoms with van der Waals surface area (Å²) in [6, 6.07) is 6.78. The summed E-state index contributed by atoms with van der Waals surface area (Å²) in [6.07, 6.45) is 5.92. The van der Waals surface area contributed by atoms with E-state index in [1.54, 1.807) is 12.1 Å². The zero-order valence-corrected chi connectivity index (χ0v) is 20.2. The minimum Gasteiger partial charge on any atom is -0.489 e. The lowest BCUT2D eigenvalue weighted by atomic mass is 9.85. The largest absolute Gasteiger partial charge is 0.489 e. The summed E-state index contributed by atoms with van der Waals surface area (Å²) in [7, 11) is 0. The molecule has 0 aliphatic heterocycles. The third-order valence-electron chi connectivity index (χ3n) is 5.29. The second-order valence-corrected chi connectivity index (χ2v) is 8.09. The number of hydrogen-bond donors (Lipinski definition) is 3. The lowest BCUT2D eigenvalue weighted by molar-refractivity contribution is -0.126. The molecule has 0 spiro atoms. The van der Waals surface area contributed by atoms with Crippen LogP contribution in [-0.2, 0) is 4.79 Å². The molecule has 30 heavy (non-hydrogen) atoms. The van der Waals surface area contributed by atoms with Crippen molar-refractivity contribution in [1.82, 2.24) is 16.0 Å². The molecule has 0 aromatic heterocycles. The number of amides is 1. The molecule has 1 aromatic carbocycles. The maximum Gasteiger partial charge on any atom is 0.223 e. The third-order valence-corrected chi connectivity index (χ3v) is 5.29. The second-order valence-electron chi connectivity index (χ2n) is 8.09. The van der Waals surface area contributed by atoms with E-state index in [2.05, 4.69) is 20.9 Å². The molecule has 3 N–H and O–H groups in total. The van der Waals surface area contributed by atoms with Crippen molar-refractivity contribution in [2.24, 2.45) is 10.9 Å². The van der Waals surface area contributed by atoms with E-state index in [9.17, 15) is 9.18 Å². The number of benzene rings is 1. The van der Waals surface area contributed by atoms with Gasteiger partial charge in [-0.05, 0) is 58.1 Å². The summed E-state index contributed by atoms with van der Waals surface area (Å²) in [4.78, 5) is 17.0. The molecular formula is C22H34FIN4O2. The monoisotopic (exact) mass is 532 g/mol. The zero-order chi connectivity index (χ0) is 20.6. The Labute approximate surface area is 195 Å². The Morgan fingerprint density at radius 1 is 1.23 bits per heavy atom. The van der Waals surface area contributed by atoms with Crippen LogP contribution in [0, 0.1) is 11.7 Å². The summed E-state index contributed by atoms with van der Waals surface area (Å²) in [5.74, 6) is 1.21. The number of guanidine groups is 1. The predicted octanol–water partition coefficient (Wildman–Crippen LogP) is 3.60. The van der Waals surface area contributed by atoms with E-state index in [1.807, 2.05) is 13.8 Å². The van der Waals surface area contributed by atoms with Crippen molar-refractivity contribution in [3.05, 3.63) is 30.1 Å². The highest BCUT2D eigenvalue weighted by Crippen LogP contribution is 2.26. The Morgan fingerprint density at radius 3 is 2.73 bits per heavy atom. The van der Waals surface area contributed by atoms with E-state index >= 15 is 0 Å². The average Bonchev–Trinajstić information content (AvgIpc) is 3.50. The topological polar surface area (TPSA) is 74.8 Å². The predicted molar refractivity (Wildman–Crippen MR) is 128 cm³/mol. The molecule has 2 fully saturated rings. The van der Waals surface area contributed by atoms with Crippen LogP contribution >= 0.6 is 24.0 Å². The van der Waals surface area contributed by atoms with Gasteiger partial charge in [0.05, 0.1) is 6.54 Å². The highest BCUT2D eigenvalue weighted by molar-refractivity contribution is 14.0. The molecule has 0 saturated heterocycles. The van der Waals surface area contributed by atoms with E-state index < -0.39 is 0 Å². The SMILES string of the molecule is CCNC(=NCC(C)Oc1cccc(F)c1)NC1CCCC(C(=O)NC2CC2)C1.I. The molecule has 0 bridgehead atoms. The lowest BCUT2D eigenvalue weighted by Gasteiger charge is -2.30. The molecule has 0 heterocycles. The van der Waals surface area contributed by atoms with E-state index in [4.69, 9.17) is 4.74 Å². The highest BCUT2D eigenvalue weighted by atomic mass is 127. The molecule has 1 aromatic rings. The quantitative estimate of drug-likeness (QED) is 0.272. The number of carbonyl (C=O) groups is 1. The van der Waals surface area contributed by atoms with Gasteiger partial charge >= 0.3 is 0 Å². The summed E-state index contributed by atoms with van der Waals surface area (Å²) in [6.45, 7) is 5.14. The summed E-state index contributed by atoms with van der Waals surface area (Å²) >= 11 is 0. The fourth-order valence-corrected chi connectivity index (χ4v) is 3.65. The maximum atomic E-state index is 13.3. The van der Waals surface area contributed by atoms with Crippen molar-refractivity contribution >= 4 is 35.8 Å². The fraction of sp³-hybridized carbons (Fsp3) is 0.636. The Balaban J connectivity index is 0.00000320. The Bertz CT molecular complexity index is 714. The Hall–Kier alpha value is -1.58. The van der Waals surface area contributed by atoms with Crippen LogP contribution in [0.15, 0.2) is 29.3 Å². The van der Waals surface area contributed by atoms with Crippen molar-refractivity contribution in [2.75, 3.05) is 13.1 Å². The van der Waals surface area contributed by atoms with Crippen molar-refractivity contribution in [3.8, 4) is 5.75 Å². The number of carbonyl (C=O) groups excluding carboxylic acids is 1. The summed E-state index contributed by atoms with van der Waals surface area (Å²) in [5, 5.41) is 9.88. The molecule has 3 unspecified atom stereocenters. The van der Waals surface area contributed by atoms with Crippen molar-refractivity contribution in [2.45, 2.75) is 70.6 Å². The molecule has 2 aliphatic carbocycles. The molecule has 2 aliphatic rings.